The fourth-order valence-corrected chi connectivity index (χ4v) is 2.33. The first-order valence-electron chi connectivity index (χ1n) is 5.76. The van der Waals surface area contributed by atoms with Gasteiger partial charge in [0.2, 0.25) is 0 Å². The second kappa shape index (κ2) is 5.46. The summed E-state index contributed by atoms with van der Waals surface area (Å²) < 4.78 is 13.6. The predicted octanol–water partition coefficient (Wildman–Crippen LogP) is 2.86. The number of hydrogen-bond acceptors (Lipinski definition) is 4. The zero-order valence-corrected chi connectivity index (χ0v) is 11.4. The van der Waals surface area contributed by atoms with Crippen LogP contribution in [0.2, 0.25) is 0 Å². The molecule has 0 bridgehead atoms. The first kappa shape index (κ1) is 13.6. The van der Waals surface area contributed by atoms with Crippen LogP contribution in [0, 0.1) is 12.7 Å². The van der Waals surface area contributed by atoms with Crippen LogP contribution in [0.3, 0.4) is 0 Å². The van der Waals surface area contributed by atoms with Gasteiger partial charge in [-0.2, -0.15) is 0 Å². The van der Waals surface area contributed by atoms with E-state index in [0.717, 1.165) is 5.56 Å². The fourth-order valence-electron chi connectivity index (χ4n) is 1.52. The summed E-state index contributed by atoms with van der Waals surface area (Å²) in [7, 11) is 0. The van der Waals surface area contributed by atoms with E-state index in [-0.39, 0.29) is 11.6 Å². The van der Waals surface area contributed by atoms with Crippen molar-refractivity contribution in [3.05, 3.63) is 46.2 Å². The molecule has 4 nitrogen and oxygen atoms in total. The number of nitrogens with one attached hydrogen (secondary N) is 1. The third-order valence-corrected chi connectivity index (χ3v) is 3.35. The van der Waals surface area contributed by atoms with Crippen LogP contribution in [0.5, 0.6) is 0 Å². The Morgan fingerprint density at radius 3 is 2.84 bits per heavy atom. The van der Waals surface area contributed by atoms with Crippen molar-refractivity contribution in [3.8, 4) is 0 Å². The Balaban J connectivity index is 2.16. The van der Waals surface area contributed by atoms with E-state index in [1.165, 1.54) is 23.5 Å². The van der Waals surface area contributed by atoms with Gasteiger partial charge >= 0.3 is 0 Å². The monoisotopic (exact) mass is 279 g/mol. The minimum Gasteiger partial charge on any atom is -0.323 e. The summed E-state index contributed by atoms with van der Waals surface area (Å²) in [4.78, 5) is 16.1. The van der Waals surface area contributed by atoms with Gasteiger partial charge < -0.3 is 5.73 Å². The van der Waals surface area contributed by atoms with Gasteiger partial charge in [0.05, 0.1) is 11.3 Å². The third kappa shape index (κ3) is 3.15. The van der Waals surface area contributed by atoms with E-state index in [2.05, 4.69) is 10.3 Å². The van der Waals surface area contributed by atoms with E-state index in [9.17, 15) is 9.18 Å². The molecule has 0 spiro atoms. The van der Waals surface area contributed by atoms with E-state index < -0.39 is 11.7 Å². The van der Waals surface area contributed by atoms with E-state index in [1.54, 1.807) is 25.3 Å². The highest BCUT2D eigenvalue weighted by Crippen LogP contribution is 2.20. The average Bonchev–Trinajstić information content (AvgIpc) is 2.77. The van der Waals surface area contributed by atoms with Crippen molar-refractivity contribution >= 4 is 22.4 Å². The molecule has 1 heterocycles. The van der Waals surface area contributed by atoms with Gasteiger partial charge in [-0.25, -0.2) is 9.37 Å². The van der Waals surface area contributed by atoms with Crippen LogP contribution in [-0.2, 0) is 0 Å². The number of nitrogens with two attached hydrogens (primary N) is 1. The number of rotatable bonds is 3. The van der Waals surface area contributed by atoms with Crippen molar-refractivity contribution in [2.75, 3.05) is 5.32 Å². The lowest BCUT2D eigenvalue weighted by molar-refractivity contribution is 0.102. The number of halogens is 1. The third-order valence-electron chi connectivity index (χ3n) is 2.58. The molecule has 0 saturated heterocycles. The number of aromatic nitrogens is 1. The zero-order valence-electron chi connectivity index (χ0n) is 10.6. The van der Waals surface area contributed by atoms with Crippen LogP contribution in [0.25, 0.3) is 0 Å². The summed E-state index contributed by atoms with van der Waals surface area (Å²) in [6, 6.07) is 4.27. The number of carbonyl (C=O) groups is 1. The fraction of sp³-hybridized carbons (Fsp3) is 0.231. The smallest absolute Gasteiger partial charge is 0.260 e. The molecular weight excluding hydrogens is 265 g/mol. The van der Waals surface area contributed by atoms with Crippen molar-refractivity contribution in [3.63, 3.8) is 0 Å². The summed E-state index contributed by atoms with van der Waals surface area (Å²) in [6.07, 6.45) is 0. The maximum Gasteiger partial charge on any atom is 0.260 e. The lowest BCUT2D eigenvalue weighted by atomic mass is 10.1. The molecule has 0 fully saturated rings. The number of hydrogen-bond donors (Lipinski definition) is 2. The van der Waals surface area contributed by atoms with Gasteiger partial charge in [0.25, 0.3) is 5.91 Å². The van der Waals surface area contributed by atoms with Crippen molar-refractivity contribution in [2.45, 2.75) is 19.9 Å². The summed E-state index contributed by atoms with van der Waals surface area (Å²) in [5.41, 5.74) is 7.15. The summed E-state index contributed by atoms with van der Waals surface area (Å²) in [6.45, 7) is 3.57. The molecule has 0 aliphatic rings. The minimum absolute atomic E-state index is 0.00291. The summed E-state index contributed by atoms with van der Waals surface area (Å²) in [5.74, 6) is -1.05. The van der Waals surface area contributed by atoms with Gasteiger partial charge in [-0.1, -0.05) is 6.07 Å². The van der Waals surface area contributed by atoms with Gasteiger partial charge in [0.15, 0.2) is 5.13 Å². The van der Waals surface area contributed by atoms with E-state index in [1.807, 2.05) is 0 Å². The van der Waals surface area contributed by atoms with Crippen molar-refractivity contribution in [1.29, 1.82) is 0 Å². The second-order valence-corrected chi connectivity index (χ2v) is 5.16. The number of benzene rings is 1. The number of amides is 1. The van der Waals surface area contributed by atoms with Gasteiger partial charge in [0.1, 0.15) is 5.82 Å². The molecule has 1 unspecified atom stereocenters. The number of anilines is 1. The maximum atomic E-state index is 13.6. The Bertz CT molecular complexity index is 610. The van der Waals surface area contributed by atoms with Crippen LogP contribution in [0.4, 0.5) is 9.52 Å². The van der Waals surface area contributed by atoms with Crippen molar-refractivity contribution in [1.82, 2.24) is 4.98 Å². The molecule has 0 aliphatic heterocycles. The van der Waals surface area contributed by atoms with E-state index >= 15 is 0 Å². The Morgan fingerprint density at radius 2 is 2.26 bits per heavy atom. The number of aryl methyl sites for hydroxylation is 1. The number of carbonyl (C=O) groups excluding carboxylic acids is 1. The maximum absolute atomic E-state index is 13.6. The molecule has 6 heteroatoms. The highest BCUT2D eigenvalue weighted by atomic mass is 32.1. The molecule has 1 aromatic carbocycles. The number of thiazole rings is 1. The highest BCUT2D eigenvalue weighted by Gasteiger charge is 2.14. The largest absolute Gasteiger partial charge is 0.323 e. The van der Waals surface area contributed by atoms with Crippen LogP contribution in [-0.4, -0.2) is 10.9 Å². The highest BCUT2D eigenvalue weighted by molar-refractivity contribution is 7.14. The van der Waals surface area contributed by atoms with Crippen LogP contribution in [0.15, 0.2) is 23.6 Å². The van der Waals surface area contributed by atoms with Gasteiger partial charge in [-0.3, -0.25) is 10.1 Å². The SMILES string of the molecule is Cc1ccc(C(=O)Nc2nc(C(C)N)cs2)c(F)c1. The van der Waals surface area contributed by atoms with Crippen molar-refractivity contribution in [2.24, 2.45) is 5.73 Å². The molecule has 0 saturated carbocycles. The predicted molar refractivity (Wildman–Crippen MR) is 73.8 cm³/mol. The molecule has 0 radical (unpaired) electrons. The molecule has 2 rings (SSSR count). The molecule has 1 amide bonds. The van der Waals surface area contributed by atoms with Gasteiger partial charge in [-0.15, -0.1) is 11.3 Å². The van der Waals surface area contributed by atoms with E-state index in [4.69, 9.17) is 5.73 Å². The molecule has 0 aliphatic carbocycles. The van der Waals surface area contributed by atoms with Crippen molar-refractivity contribution < 1.29 is 9.18 Å². The Morgan fingerprint density at radius 1 is 1.53 bits per heavy atom. The molecule has 1 aromatic heterocycles. The van der Waals surface area contributed by atoms with Crippen LogP contribution in [0.1, 0.15) is 34.6 Å². The Labute approximate surface area is 114 Å². The van der Waals surface area contributed by atoms with E-state index in [0.29, 0.717) is 10.8 Å². The minimum atomic E-state index is -0.540. The molecule has 2 aromatic rings. The molecular formula is C13H14FN3OS. The second-order valence-electron chi connectivity index (χ2n) is 4.30. The molecule has 100 valence electrons. The lowest BCUT2D eigenvalue weighted by Gasteiger charge is -2.04. The number of nitrogens with zero attached hydrogens (tertiary/aromatic N) is 1. The average molecular weight is 279 g/mol. The first-order chi connectivity index (χ1) is 8.97. The first-order valence-corrected chi connectivity index (χ1v) is 6.64. The quantitative estimate of drug-likeness (QED) is 0.907. The normalized spacial score (nSPS) is 12.2. The topological polar surface area (TPSA) is 68.0 Å². The van der Waals surface area contributed by atoms with Gasteiger partial charge in [-0.05, 0) is 31.5 Å². The van der Waals surface area contributed by atoms with Crippen LogP contribution >= 0.6 is 11.3 Å². The summed E-state index contributed by atoms with van der Waals surface area (Å²) >= 11 is 1.26. The lowest BCUT2D eigenvalue weighted by Crippen LogP contribution is -2.14. The standard InChI is InChI=1S/C13H14FN3OS/c1-7-3-4-9(10(14)5-7)12(18)17-13-16-11(6-19-13)8(2)15/h3-6,8H,15H2,1-2H3,(H,16,17,18). The molecule has 1 atom stereocenters. The zero-order chi connectivity index (χ0) is 14.0. The summed E-state index contributed by atoms with van der Waals surface area (Å²) in [5, 5.41) is 4.75. The Kier molecular flexibility index (Phi) is 3.92. The van der Waals surface area contributed by atoms with Crippen LogP contribution < -0.4 is 11.1 Å². The Hall–Kier alpha value is -1.79. The molecule has 3 N–H and O–H groups in total. The van der Waals surface area contributed by atoms with Gasteiger partial charge in [0, 0.05) is 11.4 Å². The molecule has 19 heavy (non-hydrogen) atoms.